The van der Waals surface area contributed by atoms with Gasteiger partial charge in [-0.3, -0.25) is 4.79 Å². The maximum atomic E-state index is 11.6. The SMILES string of the molecule is NC(=O)c1ccccc1CNc1cc(Nc2ccc(N3CCOCC3)cc2)ncc1Cl. The number of hydrogen-bond donors (Lipinski definition) is 3. The molecule has 31 heavy (non-hydrogen) atoms. The van der Waals surface area contributed by atoms with Crippen LogP contribution in [0, 0.1) is 0 Å². The van der Waals surface area contributed by atoms with Crippen LogP contribution in [0.1, 0.15) is 15.9 Å². The quantitative estimate of drug-likeness (QED) is 0.517. The first kappa shape index (κ1) is 21.0. The monoisotopic (exact) mass is 437 g/mol. The van der Waals surface area contributed by atoms with Crippen LogP contribution in [0.4, 0.5) is 22.9 Å². The fourth-order valence-electron chi connectivity index (χ4n) is 3.47. The summed E-state index contributed by atoms with van der Waals surface area (Å²) in [6.45, 7) is 3.73. The summed E-state index contributed by atoms with van der Waals surface area (Å²) in [5.74, 6) is 0.204. The van der Waals surface area contributed by atoms with Gasteiger partial charge in [0.1, 0.15) is 5.82 Å². The van der Waals surface area contributed by atoms with Crippen LogP contribution in [0.25, 0.3) is 0 Å². The van der Waals surface area contributed by atoms with E-state index in [4.69, 9.17) is 22.1 Å². The number of benzene rings is 2. The summed E-state index contributed by atoms with van der Waals surface area (Å²) < 4.78 is 5.41. The van der Waals surface area contributed by atoms with Crippen LogP contribution in [0.3, 0.4) is 0 Å². The Morgan fingerprint density at radius 2 is 1.87 bits per heavy atom. The van der Waals surface area contributed by atoms with E-state index in [1.807, 2.05) is 30.3 Å². The van der Waals surface area contributed by atoms with Crippen LogP contribution in [0.15, 0.2) is 60.8 Å². The highest BCUT2D eigenvalue weighted by atomic mass is 35.5. The lowest BCUT2D eigenvalue weighted by Gasteiger charge is -2.28. The maximum absolute atomic E-state index is 11.6. The molecule has 4 N–H and O–H groups in total. The van der Waals surface area contributed by atoms with Crippen LogP contribution in [0.2, 0.25) is 5.02 Å². The van der Waals surface area contributed by atoms with Gasteiger partial charge < -0.3 is 26.0 Å². The van der Waals surface area contributed by atoms with E-state index < -0.39 is 5.91 Å². The number of carbonyl (C=O) groups is 1. The molecule has 3 aromatic rings. The number of rotatable bonds is 7. The van der Waals surface area contributed by atoms with Crippen molar-refractivity contribution in [3.63, 3.8) is 0 Å². The highest BCUT2D eigenvalue weighted by Gasteiger charge is 2.12. The van der Waals surface area contributed by atoms with Crippen molar-refractivity contribution in [1.82, 2.24) is 4.98 Å². The standard InChI is InChI=1S/C23H24ClN5O2/c24-20-15-27-22(13-21(20)26-14-16-3-1-2-4-19(16)23(25)30)28-17-5-7-18(8-6-17)29-9-11-31-12-10-29/h1-8,13,15H,9-12,14H2,(H2,25,30)(H2,26,27,28). The van der Waals surface area contributed by atoms with Gasteiger partial charge in [-0.05, 0) is 35.9 Å². The number of pyridine rings is 1. The molecule has 0 unspecified atom stereocenters. The average Bonchev–Trinajstić information content (AvgIpc) is 2.80. The molecule has 2 aromatic carbocycles. The molecule has 1 aromatic heterocycles. The Morgan fingerprint density at radius 1 is 1.13 bits per heavy atom. The Bertz CT molecular complexity index is 1050. The third-order valence-electron chi connectivity index (χ3n) is 5.12. The molecule has 1 fully saturated rings. The van der Waals surface area contributed by atoms with Gasteiger partial charge >= 0.3 is 0 Å². The van der Waals surface area contributed by atoms with Crippen molar-refractivity contribution in [1.29, 1.82) is 0 Å². The molecule has 7 nitrogen and oxygen atoms in total. The van der Waals surface area contributed by atoms with Gasteiger partial charge in [0.15, 0.2) is 0 Å². The predicted octanol–water partition coefficient (Wildman–Crippen LogP) is 4.03. The highest BCUT2D eigenvalue weighted by Crippen LogP contribution is 2.27. The van der Waals surface area contributed by atoms with E-state index in [-0.39, 0.29) is 0 Å². The largest absolute Gasteiger partial charge is 0.380 e. The van der Waals surface area contributed by atoms with E-state index in [0.29, 0.717) is 28.6 Å². The first-order valence-corrected chi connectivity index (χ1v) is 10.4. The average molecular weight is 438 g/mol. The van der Waals surface area contributed by atoms with Gasteiger partial charge in [0, 0.05) is 42.6 Å². The summed E-state index contributed by atoms with van der Waals surface area (Å²) in [7, 11) is 0. The van der Waals surface area contributed by atoms with E-state index >= 15 is 0 Å². The summed E-state index contributed by atoms with van der Waals surface area (Å²) >= 11 is 6.31. The molecule has 0 aliphatic carbocycles. The molecule has 0 spiro atoms. The van der Waals surface area contributed by atoms with Gasteiger partial charge in [-0.15, -0.1) is 0 Å². The van der Waals surface area contributed by atoms with E-state index in [0.717, 1.165) is 37.6 Å². The number of anilines is 4. The number of morpholine rings is 1. The van der Waals surface area contributed by atoms with Crippen molar-refractivity contribution in [2.75, 3.05) is 41.8 Å². The number of nitrogens with two attached hydrogens (primary N) is 1. The molecule has 160 valence electrons. The molecule has 0 saturated carbocycles. The zero-order valence-corrected chi connectivity index (χ0v) is 17.7. The van der Waals surface area contributed by atoms with E-state index in [1.54, 1.807) is 18.3 Å². The smallest absolute Gasteiger partial charge is 0.249 e. The third-order valence-corrected chi connectivity index (χ3v) is 5.42. The first-order valence-electron chi connectivity index (χ1n) is 10.1. The molecule has 2 heterocycles. The van der Waals surface area contributed by atoms with Crippen molar-refractivity contribution < 1.29 is 9.53 Å². The zero-order valence-electron chi connectivity index (χ0n) is 17.0. The lowest BCUT2D eigenvalue weighted by Crippen LogP contribution is -2.36. The van der Waals surface area contributed by atoms with Gasteiger partial charge in [0.25, 0.3) is 0 Å². The second-order valence-electron chi connectivity index (χ2n) is 7.20. The van der Waals surface area contributed by atoms with Crippen LogP contribution in [0.5, 0.6) is 0 Å². The summed E-state index contributed by atoms with van der Waals surface area (Å²) in [5, 5.41) is 7.06. The lowest BCUT2D eigenvalue weighted by atomic mass is 10.1. The molecule has 4 rings (SSSR count). The molecule has 0 bridgehead atoms. The van der Waals surface area contributed by atoms with Crippen molar-refractivity contribution >= 4 is 40.4 Å². The molecule has 0 radical (unpaired) electrons. The second-order valence-corrected chi connectivity index (χ2v) is 7.60. The van der Waals surface area contributed by atoms with Crippen molar-refractivity contribution in [3.05, 3.63) is 76.9 Å². The summed E-state index contributed by atoms with van der Waals surface area (Å²) in [4.78, 5) is 18.3. The molecule has 1 aliphatic rings. The van der Waals surface area contributed by atoms with E-state index in [2.05, 4.69) is 32.7 Å². The number of carbonyl (C=O) groups excluding carboxylic acids is 1. The maximum Gasteiger partial charge on any atom is 0.249 e. The number of amides is 1. The number of aromatic nitrogens is 1. The molecule has 1 aliphatic heterocycles. The number of hydrogen-bond acceptors (Lipinski definition) is 6. The number of nitrogens with one attached hydrogen (secondary N) is 2. The van der Waals surface area contributed by atoms with Crippen LogP contribution in [-0.4, -0.2) is 37.2 Å². The molecular weight excluding hydrogens is 414 g/mol. The summed E-state index contributed by atoms with van der Waals surface area (Å²) in [5.41, 5.74) is 9.56. The normalized spacial score (nSPS) is 13.6. The number of primary amides is 1. The summed E-state index contributed by atoms with van der Waals surface area (Å²) in [6, 6.07) is 17.3. The number of ether oxygens (including phenoxy) is 1. The summed E-state index contributed by atoms with van der Waals surface area (Å²) in [6.07, 6.45) is 1.59. The number of halogens is 1. The fourth-order valence-corrected chi connectivity index (χ4v) is 3.64. The Morgan fingerprint density at radius 3 is 2.61 bits per heavy atom. The minimum Gasteiger partial charge on any atom is -0.380 e. The molecule has 1 saturated heterocycles. The molecule has 1 amide bonds. The van der Waals surface area contributed by atoms with Crippen molar-refractivity contribution in [2.45, 2.75) is 6.54 Å². The Labute approximate surface area is 186 Å². The minimum atomic E-state index is -0.457. The van der Waals surface area contributed by atoms with E-state index in [1.165, 1.54) is 5.69 Å². The first-order chi connectivity index (χ1) is 15.1. The zero-order chi connectivity index (χ0) is 21.6. The van der Waals surface area contributed by atoms with Crippen LogP contribution < -0.4 is 21.3 Å². The fraction of sp³-hybridized carbons (Fsp3) is 0.217. The Kier molecular flexibility index (Phi) is 6.54. The van der Waals surface area contributed by atoms with Gasteiger partial charge in [0.2, 0.25) is 5.91 Å². The second kappa shape index (κ2) is 9.68. The number of nitrogens with zero attached hydrogens (tertiary/aromatic N) is 2. The molecular formula is C23H24ClN5O2. The Hall–Kier alpha value is -3.29. The highest BCUT2D eigenvalue weighted by molar-refractivity contribution is 6.33. The van der Waals surface area contributed by atoms with Crippen LogP contribution >= 0.6 is 11.6 Å². The van der Waals surface area contributed by atoms with Gasteiger partial charge in [-0.2, -0.15) is 0 Å². The van der Waals surface area contributed by atoms with Crippen molar-refractivity contribution in [2.24, 2.45) is 5.73 Å². The van der Waals surface area contributed by atoms with Crippen LogP contribution in [-0.2, 0) is 11.3 Å². The van der Waals surface area contributed by atoms with Gasteiger partial charge in [-0.1, -0.05) is 29.8 Å². The van der Waals surface area contributed by atoms with Crippen molar-refractivity contribution in [3.8, 4) is 0 Å². The Balaban J connectivity index is 1.43. The third kappa shape index (κ3) is 5.25. The van der Waals surface area contributed by atoms with Gasteiger partial charge in [0.05, 0.1) is 30.1 Å². The van der Waals surface area contributed by atoms with Gasteiger partial charge in [-0.25, -0.2) is 4.98 Å². The predicted molar refractivity (Wildman–Crippen MR) is 124 cm³/mol. The lowest BCUT2D eigenvalue weighted by molar-refractivity contribution is 0.0999. The minimum absolute atomic E-state index is 0.413. The van der Waals surface area contributed by atoms with E-state index in [9.17, 15) is 4.79 Å². The molecule has 0 atom stereocenters. The molecule has 8 heteroatoms. The topological polar surface area (TPSA) is 92.5 Å².